The van der Waals surface area contributed by atoms with Crippen molar-refractivity contribution in [3.8, 4) is 0 Å². The summed E-state index contributed by atoms with van der Waals surface area (Å²) in [5.74, 6) is 0. The SMILES string of the molecule is c1ccc2c(CNCCNCCNCCNCCNCc3cccc4ccccc34)cccc2c1. The van der Waals surface area contributed by atoms with Crippen molar-refractivity contribution in [2.45, 2.75) is 13.1 Å². The molecule has 0 radical (unpaired) electrons. The summed E-state index contributed by atoms with van der Waals surface area (Å²) in [5, 5.41) is 22.9. The Bertz CT molecular complexity index is 1060. The molecule has 0 amide bonds. The lowest BCUT2D eigenvalue weighted by atomic mass is 10.0. The average Bonchev–Trinajstić information content (AvgIpc) is 2.91. The molecule has 5 N–H and O–H groups in total. The zero-order valence-electron chi connectivity index (χ0n) is 20.7. The Kier molecular flexibility index (Phi) is 10.5. The maximum atomic E-state index is 3.55. The summed E-state index contributed by atoms with van der Waals surface area (Å²) in [4.78, 5) is 0. The molecule has 35 heavy (non-hydrogen) atoms. The third-order valence-electron chi connectivity index (χ3n) is 6.30. The normalized spacial score (nSPS) is 11.4. The van der Waals surface area contributed by atoms with Crippen LogP contribution in [0.2, 0.25) is 0 Å². The monoisotopic (exact) mass is 469 g/mol. The van der Waals surface area contributed by atoms with Gasteiger partial charge in [-0.25, -0.2) is 0 Å². The van der Waals surface area contributed by atoms with E-state index in [1.807, 2.05) is 0 Å². The quantitative estimate of drug-likeness (QED) is 0.162. The van der Waals surface area contributed by atoms with Gasteiger partial charge in [-0.3, -0.25) is 0 Å². The van der Waals surface area contributed by atoms with Gasteiger partial charge in [0.2, 0.25) is 0 Å². The number of benzene rings is 4. The smallest absolute Gasteiger partial charge is 0.0212 e. The second-order valence-electron chi connectivity index (χ2n) is 8.88. The summed E-state index contributed by atoms with van der Waals surface area (Å²) in [6.45, 7) is 9.67. The largest absolute Gasteiger partial charge is 0.314 e. The van der Waals surface area contributed by atoms with Crippen molar-refractivity contribution in [3.05, 3.63) is 96.1 Å². The number of hydrogen-bond donors (Lipinski definition) is 5. The fraction of sp³-hybridized carbons (Fsp3) is 0.333. The van der Waals surface area contributed by atoms with Gasteiger partial charge in [0, 0.05) is 65.4 Å². The minimum atomic E-state index is 0.906. The number of fused-ring (bicyclic) bond motifs is 2. The van der Waals surface area contributed by atoms with Crippen LogP contribution in [0.1, 0.15) is 11.1 Å². The maximum Gasteiger partial charge on any atom is 0.0212 e. The van der Waals surface area contributed by atoms with Crippen LogP contribution in [0.3, 0.4) is 0 Å². The molecule has 0 aromatic heterocycles. The van der Waals surface area contributed by atoms with Gasteiger partial charge in [0.15, 0.2) is 0 Å². The summed E-state index contributed by atoms with van der Waals surface area (Å²) >= 11 is 0. The Morgan fingerprint density at radius 3 is 1.11 bits per heavy atom. The molecule has 4 aromatic rings. The fourth-order valence-electron chi connectivity index (χ4n) is 4.42. The van der Waals surface area contributed by atoms with Crippen LogP contribution >= 0.6 is 0 Å². The molecule has 5 heteroatoms. The van der Waals surface area contributed by atoms with E-state index in [-0.39, 0.29) is 0 Å². The molecule has 0 saturated heterocycles. The lowest BCUT2D eigenvalue weighted by Crippen LogP contribution is -2.36. The van der Waals surface area contributed by atoms with Gasteiger partial charge in [-0.1, -0.05) is 84.9 Å². The first-order valence-corrected chi connectivity index (χ1v) is 12.9. The Hall–Kier alpha value is -2.80. The van der Waals surface area contributed by atoms with Gasteiger partial charge in [0.1, 0.15) is 0 Å². The lowest BCUT2D eigenvalue weighted by molar-refractivity contribution is 0.557. The molecule has 0 heterocycles. The number of hydrogen-bond acceptors (Lipinski definition) is 5. The standard InChI is InChI=1S/C30H39N5/c1-3-13-29-25(7-1)9-5-11-27(29)23-34-21-19-32-17-15-31-16-18-33-20-22-35-24-28-12-6-10-26-8-2-4-14-30(26)28/h1-14,31-35H,15-24H2. The topological polar surface area (TPSA) is 60.1 Å². The van der Waals surface area contributed by atoms with Crippen molar-refractivity contribution in [1.82, 2.24) is 26.6 Å². The Morgan fingerprint density at radius 2 is 0.686 bits per heavy atom. The summed E-state index contributed by atoms with van der Waals surface area (Å²) in [7, 11) is 0. The first-order chi connectivity index (χ1) is 17.4. The number of rotatable bonds is 16. The zero-order valence-corrected chi connectivity index (χ0v) is 20.7. The van der Waals surface area contributed by atoms with Crippen molar-refractivity contribution in [3.63, 3.8) is 0 Å². The maximum absolute atomic E-state index is 3.55. The van der Waals surface area contributed by atoms with Gasteiger partial charge in [-0.2, -0.15) is 0 Å². The third-order valence-corrected chi connectivity index (χ3v) is 6.30. The predicted octanol–water partition coefficient (Wildman–Crippen LogP) is 3.64. The zero-order chi connectivity index (χ0) is 24.0. The summed E-state index contributed by atoms with van der Waals surface area (Å²) in [6, 6.07) is 30.2. The second-order valence-corrected chi connectivity index (χ2v) is 8.88. The van der Waals surface area contributed by atoms with Crippen LogP contribution in [0.15, 0.2) is 84.9 Å². The van der Waals surface area contributed by atoms with E-state index in [0.29, 0.717) is 0 Å². The van der Waals surface area contributed by atoms with Crippen molar-refractivity contribution in [2.75, 3.05) is 52.4 Å². The van der Waals surface area contributed by atoms with Crippen LogP contribution in [-0.2, 0) is 13.1 Å². The van der Waals surface area contributed by atoms with Crippen molar-refractivity contribution in [1.29, 1.82) is 0 Å². The van der Waals surface area contributed by atoms with E-state index in [1.54, 1.807) is 0 Å². The molecular weight excluding hydrogens is 430 g/mol. The highest BCUT2D eigenvalue weighted by Gasteiger charge is 2.00. The van der Waals surface area contributed by atoms with Crippen molar-refractivity contribution in [2.24, 2.45) is 0 Å². The summed E-state index contributed by atoms with van der Waals surface area (Å²) in [5.41, 5.74) is 2.72. The molecule has 0 aliphatic heterocycles. The van der Waals surface area contributed by atoms with Gasteiger partial charge < -0.3 is 26.6 Å². The molecule has 0 aliphatic rings. The molecule has 184 valence electrons. The van der Waals surface area contributed by atoms with Gasteiger partial charge >= 0.3 is 0 Å². The summed E-state index contributed by atoms with van der Waals surface area (Å²) < 4.78 is 0. The van der Waals surface area contributed by atoms with Crippen LogP contribution in [0.4, 0.5) is 0 Å². The average molecular weight is 470 g/mol. The second kappa shape index (κ2) is 14.6. The Balaban J connectivity index is 0.950. The molecule has 5 nitrogen and oxygen atoms in total. The van der Waals surface area contributed by atoms with Crippen LogP contribution in [-0.4, -0.2) is 52.4 Å². The molecule has 0 aliphatic carbocycles. The Labute approximate surface area is 209 Å². The van der Waals surface area contributed by atoms with Gasteiger partial charge in [-0.15, -0.1) is 0 Å². The minimum Gasteiger partial charge on any atom is -0.314 e. The molecule has 0 unspecified atom stereocenters. The molecular formula is C30H39N5. The highest BCUT2D eigenvalue weighted by molar-refractivity contribution is 5.86. The van der Waals surface area contributed by atoms with E-state index in [1.165, 1.54) is 32.7 Å². The van der Waals surface area contributed by atoms with Crippen LogP contribution in [0.25, 0.3) is 21.5 Å². The van der Waals surface area contributed by atoms with E-state index in [9.17, 15) is 0 Å². The fourth-order valence-corrected chi connectivity index (χ4v) is 4.42. The highest BCUT2D eigenvalue weighted by atomic mass is 15.0. The van der Waals surface area contributed by atoms with Gasteiger partial charge in [-0.05, 0) is 32.7 Å². The molecule has 0 spiro atoms. The van der Waals surface area contributed by atoms with Crippen LogP contribution < -0.4 is 26.6 Å². The molecule has 4 aromatic carbocycles. The van der Waals surface area contributed by atoms with E-state index < -0.39 is 0 Å². The van der Waals surface area contributed by atoms with E-state index in [4.69, 9.17) is 0 Å². The van der Waals surface area contributed by atoms with Crippen molar-refractivity contribution >= 4 is 21.5 Å². The highest BCUT2D eigenvalue weighted by Crippen LogP contribution is 2.19. The van der Waals surface area contributed by atoms with E-state index >= 15 is 0 Å². The first-order valence-electron chi connectivity index (χ1n) is 12.9. The molecule has 0 bridgehead atoms. The van der Waals surface area contributed by atoms with Crippen molar-refractivity contribution < 1.29 is 0 Å². The molecule has 4 rings (SSSR count). The van der Waals surface area contributed by atoms with E-state index in [0.717, 1.165) is 65.4 Å². The first kappa shape index (κ1) is 25.3. The third kappa shape index (κ3) is 8.13. The predicted molar refractivity (Wildman–Crippen MR) is 150 cm³/mol. The minimum absolute atomic E-state index is 0.906. The van der Waals surface area contributed by atoms with Gasteiger partial charge in [0.05, 0.1) is 0 Å². The lowest BCUT2D eigenvalue weighted by Gasteiger charge is -2.10. The summed E-state index contributed by atoms with van der Waals surface area (Å²) in [6.07, 6.45) is 0. The number of nitrogens with one attached hydrogen (secondary N) is 5. The molecule has 0 fully saturated rings. The van der Waals surface area contributed by atoms with Crippen LogP contribution in [0.5, 0.6) is 0 Å². The Morgan fingerprint density at radius 1 is 0.343 bits per heavy atom. The van der Waals surface area contributed by atoms with E-state index in [2.05, 4.69) is 112 Å². The molecule has 0 atom stereocenters. The van der Waals surface area contributed by atoms with Crippen LogP contribution in [0, 0.1) is 0 Å². The van der Waals surface area contributed by atoms with Gasteiger partial charge in [0.25, 0.3) is 0 Å². The molecule has 0 saturated carbocycles.